The highest BCUT2D eigenvalue weighted by Crippen LogP contribution is 2.39. The molecule has 0 saturated carbocycles. The average Bonchev–Trinajstić information content (AvgIpc) is 2.19. The van der Waals surface area contributed by atoms with Crippen LogP contribution >= 0.6 is 11.6 Å². The topological polar surface area (TPSA) is 26.3 Å². The van der Waals surface area contributed by atoms with E-state index in [4.69, 9.17) is 16.0 Å². The second-order valence-corrected chi connectivity index (χ2v) is 10.8. The molecule has 0 atom stereocenters. The number of aldehydes is 1. The Hall–Kier alpha value is -0.803. The van der Waals surface area contributed by atoms with E-state index in [2.05, 4.69) is 33.9 Å². The lowest BCUT2D eigenvalue weighted by Crippen LogP contribution is -2.43. The molecule has 0 aromatic heterocycles. The Bertz CT molecular complexity index is 422. The Balaban J connectivity index is 3.00. The van der Waals surface area contributed by atoms with Crippen LogP contribution in [-0.2, 0) is 0 Å². The van der Waals surface area contributed by atoms with E-state index in [1.807, 2.05) is 0 Å². The van der Waals surface area contributed by atoms with Gasteiger partial charge in [-0.25, -0.2) is 0 Å². The largest absolute Gasteiger partial charge is 0.543 e. The standard InChI is InChI=1S/C13H19ClO2Si/c1-13(2,3)17(4,5)16-12-7-6-10(9-15)8-11(12)14/h6-9H,1-5H3. The molecule has 0 aliphatic rings. The minimum absolute atomic E-state index is 0.125. The number of benzene rings is 1. The van der Waals surface area contributed by atoms with Crippen LogP contribution in [0.5, 0.6) is 5.75 Å². The molecule has 1 rings (SSSR count). The molecule has 0 aliphatic carbocycles. The maximum atomic E-state index is 10.6. The first-order valence-electron chi connectivity index (χ1n) is 5.61. The predicted octanol–water partition coefficient (Wildman–Crippen LogP) is 4.54. The number of carbonyl (C=O) groups is 1. The molecule has 17 heavy (non-hydrogen) atoms. The second kappa shape index (κ2) is 4.82. The molecule has 0 unspecified atom stereocenters. The molecule has 0 N–H and O–H groups in total. The normalized spacial score (nSPS) is 12.4. The highest BCUT2D eigenvalue weighted by atomic mass is 35.5. The van der Waals surface area contributed by atoms with E-state index in [1.54, 1.807) is 18.2 Å². The van der Waals surface area contributed by atoms with Gasteiger partial charge in [-0.1, -0.05) is 32.4 Å². The maximum absolute atomic E-state index is 10.6. The minimum atomic E-state index is -1.88. The third-order valence-electron chi connectivity index (χ3n) is 3.26. The van der Waals surface area contributed by atoms with Gasteiger partial charge in [0.15, 0.2) is 0 Å². The average molecular weight is 271 g/mol. The summed E-state index contributed by atoms with van der Waals surface area (Å²) in [5.74, 6) is 0.670. The van der Waals surface area contributed by atoms with Crippen LogP contribution in [0.1, 0.15) is 31.1 Å². The van der Waals surface area contributed by atoms with Crippen LogP contribution in [0.4, 0.5) is 0 Å². The maximum Gasteiger partial charge on any atom is 0.250 e. The third-order valence-corrected chi connectivity index (χ3v) is 7.90. The minimum Gasteiger partial charge on any atom is -0.543 e. The first kappa shape index (κ1) is 14.3. The summed E-state index contributed by atoms with van der Waals surface area (Å²) >= 11 is 6.10. The Morgan fingerprint density at radius 1 is 1.29 bits per heavy atom. The number of rotatable bonds is 3. The molecule has 94 valence electrons. The number of hydrogen-bond acceptors (Lipinski definition) is 2. The van der Waals surface area contributed by atoms with Gasteiger partial charge in [-0.15, -0.1) is 0 Å². The van der Waals surface area contributed by atoms with Crippen LogP contribution in [-0.4, -0.2) is 14.6 Å². The van der Waals surface area contributed by atoms with Crippen molar-refractivity contribution >= 4 is 26.2 Å². The molecule has 0 radical (unpaired) electrons. The van der Waals surface area contributed by atoms with Crippen molar-refractivity contribution < 1.29 is 9.22 Å². The molecule has 0 fully saturated rings. The van der Waals surface area contributed by atoms with Gasteiger partial charge in [0.2, 0.25) is 0 Å². The molecule has 1 aromatic carbocycles. The van der Waals surface area contributed by atoms with Gasteiger partial charge < -0.3 is 4.43 Å². The first-order chi connectivity index (χ1) is 7.67. The SMILES string of the molecule is CC(C)(C)[Si](C)(C)Oc1ccc(C=O)cc1Cl. The Labute approximate surface area is 109 Å². The van der Waals surface area contributed by atoms with Crippen molar-refractivity contribution in [3.8, 4) is 5.75 Å². The fraction of sp³-hybridized carbons (Fsp3) is 0.462. The fourth-order valence-electron chi connectivity index (χ4n) is 1.10. The van der Waals surface area contributed by atoms with Crippen molar-refractivity contribution in [1.29, 1.82) is 0 Å². The van der Waals surface area contributed by atoms with Crippen LogP contribution in [0.2, 0.25) is 23.2 Å². The third kappa shape index (κ3) is 3.33. The van der Waals surface area contributed by atoms with Gasteiger partial charge in [0.25, 0.3) is 8.32 Å². The molecule has 0 saturated heterocycles. The summed E-state index contributed by atoms with van der Waals surface area (Å²) in [6.45, 7) is 10.8. The highest BCUT2D eigenvalue weighted by molar-refractivity contribution is 6.74. The van der Waals surface area contributed by atoms with Crippen LogP contribution in [0.25, 0.3) is 0 Å². The van der Waals surface area contributed by atoms with Crippen LogP contribution in [0.3, 0.4) is 0 Å². The molecule has 4 heteroatoms. The van der Waals surface area contributed by atoms with Crippen molar-refractivity contribution in [1.82, 2.24) is 0 Å². The van der Waals surface area contributed by atoms with E-state index in [0.29, 0.717) is 16.3 Å². The smallest absolute Gasteiger partial charge is 0.250 e. The van der Waals surface area contributed by atoms with Gasteiger partial charge in [0.1, 0.15) is 12.0 Å². The van der Waals surface area contributed by atoms with Crippen LogP contribution in [0, 0.1) is 0 Å². The molecule has 0 spiro atoms. The summed E-state index contributed by atoms with van der Waals surface area (Å²) in [7, 11) is -1.88. The first-order valence-corrected chi connectivity index (χ1v) is 8.90. The predicted molar refractivity (Wildman–Crippen MR) is 74.7 cm³/mol. The Kier molecular flexibility index (Phi) is 4.05. The number of carbonyl (C=O) groups excluding carboxylic acids is 1. The summed E-state index contributed by atoms with van der Waals surface area (Å²) in [5.41, 5.74) is 0.567. The highest BCUT2D eigenvalue weighted by Gasteiger charge is 2.39. The van der Waals surface area contributed by atoms with E-state index in [1.165, 1.54) is 0 Å². The summed E-state index contributed by atoms with van der Waals surface area (Å²) in [6.07, 6.45) is 0.780. The van der Waals surface area contributed by atoms with Crippen molar-refractivity contribution in [2.75, 3.05) is 0 Å². The van der Waals surface area contributed by atoms with Crippen LogP contribution < -0.4 is 4.43 Å². The molecule has 0 heterocycles. The Morgan fingerprint density at radius 2 is 1.88 bits per heavy atom. The second-order valence-electron chi connectivity index (χ2n) is 5.67. The van der Waals surface area contributed by atoms with E-state index in [0.717, 1.165) is 6.29 Å². The lowest BCUT2D eigenvalue weighted by Gasteiger charge is -2.36. The molecule has 1 aromatic rings. The van der Waals surface area contributed by atoms with Crippen molar-refractivity contribution in [3.05, 3.63) is 28.8 Å². The van der Waals surface area contributed by atoms with Gasteiger partial charge in [-0.05, 0) is 36.3 Å². The quantitative estimate of drug-likeness (QED) is 0.596. The molecular formula is C13H19ClO2Si. The van der Waals surface area contributed by atoms with Gasteiger partial charge in [0.05, 0.1) is 5.02 Å². The van der Waals surface area contributed by atoms with Gasteiger partial charge in [-0.3, -0.25) is 4.79 Å². The summed E-state index contributed by atoms with van der Waals surface area (Å²) < 4.78 is 6.09. The van der Waals surface area contributed by atoms with Crippen molar-refractivity contribution in [2.45, 2.75) is 38.9 Å². The lowest BCUT2D eigenvalue weighted by atomic mass is 10.2. The monoisotopic (exact) mass is 270 g/mol. The molecule has 2 nitrogen and oxygen atoms in total. The molecule has 0 bridgehead atoms. The summed E-state index contributed by atoms with van der Waals surface area (Å²) in [5, 5.41) is 0.624. The molecule has 0 amide bonds. The number of halogens is 1. The van der Waals surface area contributed by atoms with Crippen molar-refractivity contribution in [2.24, 2.45) is 0 Å². The van der Waals surface area contributed by atoms with Gasteiger partial charge in [0, 0.05) is 5.56 Å². The van der Waals surface area contributed by atoms with E-state index >= 15 is 0 Å². The van der Waals surface area contributed by atoms with Crippen LogP contribution in [0.15, 0.2) is 18.2 Å². The van der Waals surface area contributed by atoms with E-state index in [9.17, 15) is 4.79 Å². The zero-order chi connectivity index (χ0) is 13.3. The molecule has 0 aliphatic heterocycles. The van der Waals surface area contributed by atoms with Crippen molar-refractivity contribution in [3.63, 3.8) is 0 Å². The molecular weight excluding hydrogens is 252 g/mol. The van der Waals surface area contributed by atoms with E-state index < -0.39 is 8.32 Å². The zero-order valence-corrected chi connectivity index (χ0v) is 12.8. The lowest BCUT2D eigenvalue weighted by molar-refractivity contribution is 0.112. The van der Waals surface area contributed by atoms with E-state index in [-0.39, 0.29) is 5.04 Å². The summed E-state index contributed by atoms with van der Waals surface area (Å²) in [4.78, 5) is 10.6. The number of hydrogen-bond donors (Lipinski definition) is 0. The fourth-order valence-corrected chi connectivity index (χ4v) is 2.43. The zero-order valence-electron chi connectivity index (χ0n) is 11.0. The van der Waals surface area contributed by atoms with Gasteiger partial charge in [-0.2, -0.15) is 0 Å². The summed E-state index contributed by atoms with van der Waals surface area (Å²) in [6, 6.07) is 5.13. The Morgan fingerprint density at radius 3 is 2.29 bits per heavy atom. The van der Waals surface area contributed by atoms with Gasteiger partial charge >= 0.3 is 0 Å².